The molecule has 0 radical (unpaired) electrons. The van der Waals surface area contributed by atoms with Crippen molar-refractivity contribution in [3.8, 4) is 0 Å². The molecule has 0 bridgehead atoms. The molecule has 2 heterocycles. The summed E-state index contributed by atoms with van der Waals surface area (Å²) in [4.78, 5) is 14.4. The van der Waals surface area contributed by atoms with E-state index in [1.165, 1.54) is 4.88 Å². The minimum atomic E-state index is 0.195. The van der Waals surface area contributed by atoms with Crippen LogP contribution in [0.2, 0.25) is 0 Å². The molecule has 2 aromatic heterocycles. The lowest BCUT2D eigenvalue weighted by atomic mass is 10.2. The Labute approximate surface area is 115 Å². The van der Waals surface area contributed by atoms with Gasteiger partial charge in [-0.3, -0.25) is 9.48 Å². The first-order valence-corrected chi connectivity index (χ1v) is 7.51. The summed E-state index contributed by atoms with van der Waals surface area (Å²) < 4.78 is 1.82. The van der Waals surface area contributed by atoms with E-state index in [1.807, 2.05) is 44.6 Å². The molecule has 96 valence electrons. The van der Waals surface area contributed by atoms with E-state index < -0.39 is 0 Å². The molecular weight excluding hydrogens is 264 g/mol. The average molecular weight is 280 g/mol. The monoisotopic (exact) mass is 280 g/mol. The Morgan fingerprint density at radius 2 is 2.11 bits per heavy atom. The van der Waals surface area contributed by atoms with Gasteiger partial charge in [0.25, 0.3) is 0 Å². The normalized spacial score (nSPS) is 10.9. The zero-order valence-corrected chi connectivity index (χ0v) is 12.6. The van der Waals surface area contributed by atoms with E-state index in [2.05, 4.69) is 5.10 Å². The Hall–Kier alpha value is -1.07. The molecule has 0 unspecified atom stereocenters. The Morgan fingerprint density at radius 1 is 1.39 bits per heavy atom. The van der Waals surface area contributed by atoms with Crippen molar-refractivity contribution in [2.45, 2.75) is 25.8 Å². The summed E-state index contributed by atoms with van der Waals surface area (Å²) >= 11 is 3.22. The Morgan fingerprint density at radius 3 is 2.61 bits per heavy atom. The number of carbonyl (C=O) groups is 1. The van der Waals surface area contributed by atoms with E-state index in [9.17, 15) is 4.79 Å². The van der Waals surface area contributed by atoms with Gasteiger partial charge in [0.2, 0.25) is 0 Å². The fraction of sp³-hybridized carbons (Fsp3) is 0.385. The molecule has 2 rings (SSSR count). The van der Waals surface area contributed by atoms with Gasteiger partial charge in [-0.1, -0.05) is 11.8 Å². The molecule has 0 aromatic carbocycles. The highest BCUT2D eigenvalue weighted by Gasteiger charge is 2.13. The zero-order chi connectivity index (χ0) is 13.3. The van der Waals surface area contributed by atoms with Crippen LogP contribution < -0.4 is 0 Å². The highest BCUT2D eigenvalue weighted by molar-refractivity contribution is 7.99. The van der Waals surface area contributed by atoms with Gasteiger partial charge in [-0.25, -0.2) is 0 Å². The van der Waals surface area contributed by atoms with Crippen molar-refractivity contribution < 1.29 is 4.79 Å². The van der Waals surface area contributed by atoms with Crippen molar-refractivity contribution >= 4 is 28.9 Å². The van der Waals surface area contributed by atoms with Gasteiger partial charge in [0.05, 0.1) is 16.5 Å². The first-order chi connectivity index (χ1) is 8.47. The molecular formula is C13H16N2OS2. The Balaban J connectivity index is 2.05. The van der Waals surface area contributed by atoms with Crippen LogP contribution in [0.3, 0.4) is 0 Å². The van der Waals surface area contributed by atoms with E-state index in [-0.39, 0.29) is 5.78 Å². The molecule has 0 aliphatic heterocycles. The summed E-state index contributed by atoms with van der Waals surface area (Å²) in [6, 6.07) is 3.99. The molecule has 0 aliphatic rings. The van der Waals surface area contributed by atoms with Crippen LogP contribution in [-0.4, -0.2) is 21.3 Å². The molecule has 0 fully saturated rings. The van der Waals surface area contributed by atoms with Crippen molar-refractivity contribution in [2.24, 2.45) is 7.05 Å². The van der Waals surface area contributed by atoms with Crippen LogP contribution in [-0.2, 0) is 7.05 Å². The Bertz CT molecular complexity index is 584. The zero-order valence-electron chi connectivity index (χ0n) is 11.0. The summed E-state index contributed by atoms with van der Waals surface area (Å²) in [5.74, 6) is 0.663. The molecule has 0 saturated carbocycles. The molecule has 3 nitrogen and oxygen atoms in total. The largest absolute Gasteiger partial charge is 0.293 e. The van der Waals surface area contributed by atoms with Gasteiger partial charge in [0, 0.05) is 22.4 Å². The van der Waals surface area contributed by atoms with Crippen molar-refractivity contribution in [1.82, 2.24) is 9.78 Å². The molecule has 2 aromatic rings. The van der Waals surface area contributed by atoms with Crippen LogP contribution in [0.1, 0.15) is 25.8 Å². The summed E-state index contributed by atoms with van der Waals surface area (Å²) in [6.07, 6.45) is 0. The lowest BCUT2D eigenvalue weighted by Crippen LogP contribution is -2.03. The average Bonchev–Trinajstić information content (AvgIpc) is 2.78. The first kappa shape index (κ1) is 13.4. The van der Waals surface area contributed by atoms with Crippen LogP contribution >= 0.6 is 23.1 Å². The van der Waals surface area contributed by atoms with Gasteiger partial charge < -0.3 is 0 Å². The molecule has 0 atom stereocenters. The van der Waals surface area contributed by atoms with Crippen molar-refractivity contribution in [3.05, 3.63) is 33.1 Å². The number of hydrogen-bond acceptors (Lipinski definition) is 4. The van der Waals surface area contributed by atoms with Gasteiger partial charge in [0.1, 0.15) is 0 Å². The van der Waals surface area contributed by atoms with Gasteiger partial charge in [0.15, 0.2) is 5.78 Å². The minimum absolute atomic E-state index is 0.195. The summed E-state index contributed by atoms with van der Waals surface area (Å²) in [5, 5.41) is 5.30. The van der Waals surface area contributed by atoms with E-state index >= 15 is 0 Å². The summed E-state index contributed by atoms with van der Waals surface area (Å²) in [6.45, 7) is 5.99. The topological polar surface area (TPSA) is 34.9 Å². The predicted octanol–water partition coefficient (Wildman–Crippen LogP) is 3.38. The standard InChI is InChI=1S/C13H16N2OS2/c1-8-5-13(15(4)14-8)17-7-12(16)11-6-9(2)18-10(11)3/h5-6H,7H2,1-4H3. The number of rotatable bonds is 4. The lowest BCUT2D eigenvalue weighted by Gasteiger charge is -2.01. The van der Waals surface area contributed by atoms with E-state index in [0.717, 1.165) is 21.2 Å². The van der Waals surface area contributed by atoms with Crippen LogP contribution in [0.25, 0.3) is 0 Å². The van der Waals surface area contributed by atoms with Crippen molar-refractivity contribution in [3.63, 3.8) is 0 Å². The smallest absolute Gasteiger partial charge is 0.174 e. The van der Waals surface area contributed by atoms with Crippen molar-refractivity contribution in [2.75, 3.05) is 5.75 Å². The second kappa shape index (κ2) is 5.28. The highest BCUT2D eigenvalue weighted by Crippen LogP contribution is 2.24. The quantitative estimate of drug-likeness (QED) is 0.636. The number of nitrogens with zero attached hydrogens (tertiary/aromatic N) is 2. The van der Waals surface area contributed by atoms with E-state index in [1.54, 1.807) is 23.1 Å². The van der Waals surface area contributed by atoms with Crippen LogP contribution in [0, 0.1) is 20.8 Å². The third-order valence-corrected chi connectivity index (χ3v) is 4.70. The van der Waals surface area contributed by atoms with Crippen LogP contribution in [0.15, 0.2) is 17.2 Å². The summed E-state index contributed by atoms with van der Waals surface area (Å²) in [7, 11) is 1.90. The molecule has 0 saturated heterocycles. The van der Waals surface area contributed by atoms with E-state index in [0.29, 0.717) is 5.75 Å². The van der Waals surface area contributed by atoms with Gasteiger partial charge in [-0.2, -0.15) is 5.10 Å². The van der Waals surface area contributed by atoms with Gasteiger partial charge in [-0.05, 0) is 32.9 Å². The molecule has 0 spiro atoms. The van der Waals surface area contributed by atoms with Gasteiger partial charge >= 0.3 is 0 Å². The second-order valence-corrected chi connectivity index (χ2v) is 6.74. The maximum atomic E-state index is 12.1. The maximum absolute atomic E-state index is 12.1. The van der Waals surface area contributed by atoms with E-state index in [4.69, 9.17) is 0 Å². The summed E-state index contributed by atoms with van der Waals surface area (Å²) in [5.41, 5.74) is 1.85. The third-order valence-electron chi connectivity index (χ3n) is 2.65. The fourth-order valence-corrected chi connectivity index (χ4v) is 3.71. The number of ketones is 1. The molecule has 18 heavy (non-hydrogen) atoms. The van der Waals surface area contributed by atoms with Crippen molar-refractivity contribution in [1.29, 1.82) is 0 Å². The molecule has 0 amide bonds. The SMILES string of the molecule is Cc1cc(SCC(=O)c2cc(C)sc2C)n(C)n1. The molecule has 0 aliphatic carbocycles. The highest BCUT2D eigenvalue weighted by atomic mass is 32.2. The number of hydrogen-bond donors (Lipinski definition) is 0. The van der Waals surface area contributed by atoms with Crippen LogP contribution in [0.5, 0.6) is 0 Å². The first-order valence-electron chi connectivity index (χ1n) is 5.71. The van der Waals surface area contributed by atoms with Gasteiger partial charge in [-0.15, -0.1) is 11.3 Å². The predicted molar refractivity (Wildman–Crippen MR) is 76.8 cm³/mol. The second-order valence-electron chi connectivity index (χ2n) is 4.29. The maximum Gasteiger partial charge on any atom is 0.174 e. The lowest BCUT2D eigenvalue weighted by molar-refractivity contribution is 0.102. The fourth-order valence-electron chi connectivity index (χ4n) is 1.85. The molecule has 5 heteroatoms. The van der Waals surface area contributed by atoms with Crippen LogP contribution in [0.4, 0.5) is 0 Å². The Kier molecular flexibility index (Phi) is 3.92. The number of aromatic nitrogens is 2. The molecule has 0 N–H and O–H groups in total. The number of thioether (sulfide) groups is 1. The number of Topliss-reactive ketones (excluding diaryl/α,β-unsaturated/α-hetero) is 1. The number of carbonyl (C=O) groups excluding carboxylic acids is 1. The third kappa shape index (κ3) is 2.84. The minimum Gasteiger partial charge on any atom is -0.293 e. The number of aryl methyl sites for hydroxylation is 4. The number of thiophene rings is 1.